The Morgan fingerprint density at radius 3 is 2.75 bits per heavy atom. The summed E-state index contributed by atoms with van der Waals surface area (Å²) in [6.45, 7) is 1.99. The number of hydrogen-bond donors (Lipinski definition) is 1. The first kappa shape index (κ1) is 14.7. The van der Waals surface area contributed by atoms with Gasteiger partial charge < -0.3 is 9.73 Å². The molecule has 1 unspecified atom stereocenters. The third kappa shape index (κ3) is 5.13. The van der Waals surface area contributed by atoms with E-state index in [1.165, 1.54) is 4.90 Å². The number of thioether (sulfide) groups is 1. The molecule has 0 bridgehead atoms. The molecule has 3 nitrogen and oxygen atoms in total. The van der Waals surface area contributed by atoms with Crippen molar-refractivity contribution in [2.24, 2.45) is 0 Å². The summed E-state index contributed by atoms with van der Waals surface area (Å²) in [6, 6.07) is 14.0. The van der Waals surface area contributed by atoms with Crippen LogP contribution in [-0.2, 0) is 11.2 Å². The van der Waals surface area contributed by atoms with Gasteiger partial charge in [0.1, 0.15) is 5.76 Å². The second kappa shape index (κ2) is 7.80. The van der Waals surface area contributed by atoms with Crippen LogP contribution in [0.1, 0.15) is 19.1 Å². The van der Waals surface area contributed by atoms with Crippen LogP contribution in [0, 0.1) is 0 Å². The van der Waals surface area contributed by atoms with E-state index in [2.05, 4.69) is 17.4 Å². The smallest absolute Gasteiger partial charge is 0.221 e. The molecule has 0 saturated carbocycles. The lowest BCUT2D eigenvalue weighted by atomic mass is 10.2. The van der Waals surface area contributed by atoms with E-state index < -0.39 is 0 Å². The van der Waals surface area contributed by atoms with Crippen molar-refractivity contribution in [3.05, 3.63) is 54.5 Å². The van der Waals surface area contributed by atoms with Crippen molar-refractivity contribution in [1.82, 2.24) is 5.32 Å². The topological polar surface area (TPSA) is 42.2 Å². The Labute approximate surface area is 123 Å². The highest BCUT2D eigenvalue weighted by molar-refractivity contribution is 7.99. The molecule has 20 heavy (non-hydrogen) atoms. The van der Waals surface area contributed by atoms with E-state index in [1.807, 2.05) is 37.3 Å². The molecule has 0 spiro atoms. The van der Waals surface area contributed by atoms with Crippen LogP contribution >= 0.6 is 11.8 Å². The monoisotopic (exact) mass is 289 g/mol. The van der Waals surface area contributed by atoms with Gasteiger partial charge in [-0.3, -0.25) is 4.79 Å². The highest BCUT2D eigenvalue weighted by Crippen LogP contribution is 2.17. The number of carbonyl (C=O) groups is 1. The molecule has 1 N–H and O–H groups in total. The zero-order valence-electron chi connectivity index (χ0n) is 11.5. The summed E-state index contributed by atoms with van der Waals surface area (Å²) in [5.41, 5.74) is 0. The van der Waals surface area contributed by atoms with Crippen molar-refractivity contribution >= 4 is 17.7 Å². The van der Waals surface area contributed by atoms with Crippen LogP contribution in [0.2, 0.25) is 0 Å². The van der Waals surface area contributed by atoms with Gasteiger partial charge in [-0.25, -0.2) is 0 Å². The summed E-state index contributed by atoms with van der Waals surface area (Å²) in [7, 11) is 0. The summed E-state index contributed by atoms with van der Waals surface area (Å²) in [5.74, 6) is 1.78. The molecule has 1 aromatic carbocycles. The number of benzene rings is 1. The van der Waals surface area contributed by atoms with Crippen molar-refractivity contribution in [1.29, 1.82) is 0 Å². The highest BCUT2D eigenvalue weighted by Gasteiger charge is 2.09. The van der Waals surface area contributed by atoms with Crippen molar-refractivity contribution in [3.63, 3.8) is 0 Å². The number of rotatable bonds is 7. The molecule has 0 aliphatic rings. The molecule has 106 valence electrons. The van der Waals surface area contributed by atoms with Gasteiger partial charge in [-0.05, 0) is 31.2 Å². The number of hydrogen-bond acceptors (Lipinski definition) is 3. The van der Waals surface area contributed by atoms with Gasteiger partial charge in [0.15, 0.2) is 0 Å². The maximum atomic E-state index is 11.8. The molecule has 0 radical (unpaired) electrons. The van der Waals surface area contributed by atoms with Gasteiger partial charge in [-0.15, -0.1) is 11.8 Å². The van der Waals surface area contributed by atoms with Crippen molar-refractivity contribution in [3.8, 4) is 0 Å². The first-order chi connectivity index (χ1) is 9.74. The number of furan rings is 1. The van der Waals surface area contributed by atoms with E-state index in [-0.39, 0.29) is 11.9 Å². The first-order valence-electron chi connectivity index (χ1n) is 6.73. The molecule has 1 atom stereocenters. The van der Waals surface area contributed by atoms with Crippen molar-refractivity contribution < 1.29 is 9.21 Å². The minimum atomic E-state index is 0.0903. The quantitative estimate of drug-likeness (QED) is 0.793. The second-order valence-electron chi connectivity index (χ2n) is 4.66. The maximum Gasteiger partial charge on any atom is 0.221 e. The molecule has 1 heterocycles. The number of amides is 1. The molecule has 0 aliphatic carbocycles. The normalized spacial score (nSPS) is 12.1. The van der Waals surface area contributed by atoms with E-state index in [9.17, 15) is 4.79 Å². The third-order valence-corrected chi connectivity index (χ3v) is 3.85. The predicted molar refractivity (Wildman–Crippen MR) is 81.8 cm³/mol. The van der Waals surface area contributed by atoms with E-state index in [0.29, 0.717) is 6.42 Å². The summed E-state index contributed by atoms with van der Waals surface area (Å²) in [5, 5.41) is 2.99. The van der Waals surface area contributed by atoms with Crippen LogP contribution in [0.3, 0.4) is 0 Å². The molecular formula is C16H19NO2S. The van der Waals surface area contributed by atoms with Crippen LogP contribution in [-0.4, -0.2) is 17.7 Å². The van der Waals surface area contributed by atoms with Gasteiger partial charge in [0.2, 0.25) is 5.91 Å². The van der Waals surface area contributed by atoms with E-state index in [1.54, 1.807) is 18.0 Å². The number of nitrogens with one attached hydrogen (secondary N) is 1. The Morgan fingerprint density at radius 1 is 1.25 bits per heavy atom. The molecule has 0 fully saturated rings. The summed E-state index contributed by atoms with van der Waals surface area (Å²) < 4.78 is 5.27. The fourth-order valence-electron chi connectivity index (χ4n) is 1.91. The van der Waals surface area contributed by atoms with Crippen LogP contribution in [0.15, 0.2) is 58.0 Å². The van der Waals surface area contributed by atoms with Crippen LogP contribution in [0.5, 0.6) is 0 Å². The number of carbonyl (C=O) groups excluding carboxylic acids is 1. The Hall–Kier alpha value is -1.68. The Bertz CT molecular complexity index is 511. The molecule has 1 aromatic heterocycles. The van der Waals surface area contributed by atoms with E-state index >= 15 is 0 Å². The van der Waals surface area contributed by atoms with Crippen LogP contribution < -0.4 is 5.32 Å². The third-order valence-electron chi connectivity index (χ3n) is 2.84. The van der Waals surface area contributed by atoms with Crippen molar-refractivity contribution in [2.45, 2.75) is 30.7 Å². The molecule has 1 amide bonds. The summed E-state index contributed by atoms with van der Waals surface area (Å²) in [4.78, 5) is 13.0. The molecule has 0 saturated heterocycles. The van der Waals surface area contributed by atoms with Crippen molar-refractivity contribution in [2.75, 3.05) is 5.75 Å². The minimum absolute atomic E-state index is 0.0903. The van der Waals surface area contributed by atoms with Gasteiger partial charge in [0.25, 0.3) is 0 Å². The Morgan fingerprint density at radius 2 is 2.05 bits per heavy atom. The minimum Gasteiger partial charge on any atom is -0.469 e. The fraction of sp³-hybridized carbons (Fsp3) is 0.312. The average Bonchev–Trinajstić information content (AvgIpc) is 2.92. The lowest BCUT2D eigenvalue weighted by Gasteiger charge is -2.12. The fourth-order valence-corrected chi connectivity index (χ4v) is 2.78. The van der Waals surface area contributed by atoms with Gasteiger partial charge in [-0.1, -0.05) is 18.2 Å². The maximum absolute atomic E-state index is 11.8. The molecular weight excluding hydrogens is 270 g/mol. The zero-order valence-corrected chi connectivity index (χ0v) is 12.4. The van der Waals surface area contributed by atoms with Gasteiger partial charge in [-0.2, -0.15) is 0 Å². The molecule has 4 heteroatoms. The molecule has 2 aromatic rings. The standard InChI is InChI=1S/C16H19NO2S/c1-13(12-14-6-5-10-19-14)17-16(18)9-11-20-15-7-3-2-4-8-15/h2-8,10,13H,9,11-12H2,1H3,(H,17,18). The Balaban J connectivity index is 1.65. The van der Waals surface area contributed by atoms with E-state index in [4.69, 9.17) is 4.42 Å². The van der Waals surface area contributed by atoms with Gasteiger partial charge in [0.05, 0.1) is 6.26 Å². The highest BCUT2D eigenvalue weighted by atomic mass is 32.2. The predicted octanol–water partition coefficient (Wildman–Crippen LogP) is 3.51. The van der Waals surface area contributed by atoms with E-state index in [0.717, 1.165) is 17.9 Å². The first-order valence-corrected chi connectivity index (χ1v) is 7.72. The lowest BCUT2D eigenvalue weighted by molar-refractivity contribution is -0.121. The summed E-state index contributed by atoms with van der Waals surface area (Å²) in [6.07, 6.45) is 2.91. The lowest BCUT2D eigenvalue weighted by Crippen LogP contribution is -2.34. The second-order valence-corrected chi connectivity index (χ2v) is 5.83. The average molecular weight is 289 g/mol. The largest absolute Gasteiger partial charge is 0.469 e. The van der Waals surface area contributed by atoms with Gasteiger partial charge in [0, 0.05) is 29.5 Å². The van der Waals surface area contributed by atoms with Crippen LogP contribution in [0.25, 0.3) is 0 Å². The van der Waals surface area contributed by atoms with Crippen LogP contribution in [0.4, 0.5) is 0 Å². The molecule has 2 rings (SSSR count). The Kier molecular flexibility index (Phi) is 5.74. The molecule has 0 aliphatic heterocycles. The SMILES string of the molecule is CC(Cc1ccco1)NC(=O)CCSc1ccccc1. The summed E-state index contributed by atoms with van der Waals surface area (Å²) >= 11 is 1.70. The van der Waals surface area contributed by atoms with Gasteiger partial charge >= 0.3 is 0 Å². The zero-order chi connectivity index (χ0) is 14.2.